The third kappa shape index (κ3) is 4.11. The molecule has 1 fully saturated rings. The van der Waals surface area contributed by atoms with E-state index in [0.29, 0.717) is 25.3 Å². The van der Waals surface area contributed by atoms with Gasteiger partial charge in [-0.15, -0.1) is 0 Å². The van der Waals surface area contributed by atoms with Gasteiger partial charge in [0.25, 0.3) is 5.91 Å². The maximum atomic E-state index is 13.8. The van der Waals surface area contributed by atoms with E-state index < -0.39 is 24.1 Å². The fourth-order valence-corrected chi connectivity index (χ4v) is 5.31. The molecule has 2 aromatic carbocycles. The van der Waals surface area contributed by atoms with Crippen LogP contribution in [0.15, 0.2) is 48.5 Å². The number of aromatic nitrogens is 1. The molecule has 3 heterocycles. The second-order valence-corrected chi connectivity index (χ2v) is 8.90. The average molecular weight is 479 g/mol. The highest BCUT2D eigenvalue weighted by Gasteiger charge is 2.50. The number of aromatic amines is 1. The number of aliphatic hydroxyl groups excluding tert-OH is 1. The number of aliphatic hydroxyl groups is 1. The Kier molecular flexibility index (Phi) is 6.36. The van der Waals surface area contributed by atoms with E-state index in [1.807, 2.05) is 48.5 Å². The number of para-hydroxylation sites is 1. The highest BCUT2D eigenvalue weighted by atomic mass is 16.5. The number of nitrogens with one attached hydrogen (secondary N) is 2. The molecule has 9 heteroatoms. The minimum absolute atomic E-state index is 0.0455. The number of carbonyl (C=O) groups is 2. The zero-order valence-electron chi connectivity index (χ0n) is 19.8. The molecule has 0 saturated carbocycles. The van der Waals surface area contributed by atoms with E-state index in [-0.39, 0.29) is 13.2 Å². The third-order valence-electron chi connectivity index (χ3n) is 7.04. The minimum atomic E-state index is -0.742. The number of imide groups is 1. The first kappa shape index (κ1) is 23.2. The van der Waals surface area contributed by atoms with Crippen molar-refractivity contribution in [3.05, 3.63) is 59.8 Å². The Hall–Kier alpha value is -3.56. The number of hydrogen-bond donors (Lipinski definition) is 3. The third-order valence-corrected chi connectivity index (χ3v) is 7.04. The summed E-state index contributed by atoms with van der Waals surface area (Å²) in [7, 11) is 1.65. The Morgan fingerprint density at radius 1 is 1.17 bits per heavy atom. The molecule has 0 bridgehead atoms. The van der Waals surface area contributed by atoms with E-state index in [4.69, 9.17) is 9.47 Å². The number of H-pyrrole nitrogens is 1. The van der Waals surface area contributed by atoms with Gasteiger partial charge in [0.05, 0.1) is 19.2 Å². The van der Waals surface area contributed by atoms with Gasteiger partial charge in [-0.2, -0.15) is 0 Å². The van der Waals surface area contributed by atoms with Crippen LogP contribution in [0, 0.1) is 0 Å². The van der Waals surface area contributed by atoms with Crippen molar-refractivity contribution in [1.82, 2.24) is 20.1 Å². The number of nitrogens with zero attached hydrogens (tertiary/aromatic N) is 2. The Labute approximate surface area is 203 Å². The topological polar surface area (TPSA) is 107 Å². The Bertz CT molecular complexity index is 1220. The number of carbonyl (C=O) groups excluding carboxylic acids is 2. The fourth-order valence-electron chi connectivity index (χ4n) is 5.31. The predicted molar refractivity (Wildman–Crippen MR) is 131 cm³/mol. The number of fused-ring (bicyclic) bond motifs is 4. The highest BCUT2D eigenvalue weighted by Crippen LogP contribution is 2.43. The quantitative estimate of drug-likeness (QED) is 0.502. The number of benzene rings is 2. The van der Waals surface area contributed by atoms with Crippen molar-refractivity contribution in [1.29, 1.82) is 0 Å². The van der Waals surface area contributed by atoms with Gasteiger partial charge < -0.3 is 29.8 Å². The van der Waals surface area contributed by atoms with Gasteiger partial charge in [0.15, 0.2) is 0 Å². The molecule has 5 rings (SSSR count). The summed E-state index contributed by atoms with van der Waals surface area (Å²) >= 11 is 0. The average Bonchev–Trinajstić information content (AvgIpc) is 3.52. The van der Waals surface area contributed by atoms with Crippen LogP contribution in [0.25, 0.3) is 10.9 Å². The Balaban J connectivity index is 1.44. The summed E-state index contributed by atoms with van der Waals surface area (Å²) in [5, 5.41) is 14.1. The van der Waals surface area contributed by atoms with Gasteiger partial charge in [-0.3, -0.25) is 9.69 Å². The van der Waals surface area contributed by atoms with Crippen LogP contribution in [0.4, 0.5) is 4.79 Å². The van der Waals surface area contributed by atoms with E-state index in [2.05, 4.69) is 10.3 Å². The van der Waals surface area contributed by atoms with E-state index in [0.717, 1.165) is 40.2 Å². The Morgan fingerprint density at radius 2 is 2.00 bits per heavy atom. The number of amides is 3. The molecule has 1 spiro atoms. The summed E-state index contributed by atoms with van der Waals surface area (Å²) in [5.41, 5.74) is 2.57. The number of ether oxygens (including phenoxy) is 2. The van der Waals surface area contributed by atoms with Gasteiger partial charge >= 0.3 is 6.03 Å². The van der Waals surface area contributed by atoms with Crippen molar-refractivity contribution in [3.63, 3.8) is 0 Å². The lowest BCUT2D eigenvalue weighted by molar-refractivity contribution is -0.132. The van der Waals surface area contributed by atoms with E-state index in [1.54, 1.807) is 12.0 Å². The molecule has 3 N–H and O–H groups in total. The lowest BCUT2D eigenvalue weighted by atomic mass is 9.84. The molecule has 3 aromatic rings. The molecule has 1 aromatic heterocycles. The molecule has 2 aliphatic rings. The van der Waals surface area contributed by atoms with Crippen LogP contribution in [-0.2, 0) is 16.8 Å². The molecular formula is C26H30N4O5. The van der Waals surface area contributed by atoms with Gasteiger partial charge in [-0.25, -0.2) is 4.79 Å². The molecule has 3 amide bonds. The first-order chi connectivity index (χ1) is 17.1. The SMILES string of the molecule is COc1ccc2[nH]c3c(c2c1)CCN(C(=O)N(CCOc1ccccc1)C(=O)CO)[C@@]31CCNC1. The summed E-state index contributed by atoms with van der Waals surface area (Å²) in [5.74, 6) is 0.804. The van der Waals surface area contributed by atoms with Crippen molar-refractivity contribution < 1.29 is 24.2 Å². The summed E-state index contributed by atoms with van der Waals surface area (Å²) in [6, 6.07) is 14.8. The molecule has 2 aliphatic heterocycles. The molecule has 1 atom stereocenters. The summed E-state index contributed by atoms with van der Waals surface area (Å²) < 4.78 is 11.2. The summed E-state index contributed by atoms with van der Waals surface area (Å²) in [6.45, 7) is 1.24. The van der Waals surface area contributed by atoms with Crippen molar-refractivity contribution in [2.45, 2.75) is 18.4 Å². The number of rotatable bonds is 6. The van der Waals surface area contributed by atoms with Gasteiger partial charge in [0, 0.05) is 29.7 Å². The van der Waals surface area contributed by atoms with Crippen LogP contribution in [-0.4, -0.2) is 78.3 Å². The second kappa shape index (κ2) is 9.59. The van der Waals surface area contributed by atoms with Gasteiger partial charge in [0.2, 0.25) is 0 Å². The lowest BCUT2D eigenvalue weighted by Gasteiger charge is -2.45. The number of urea groups is 1. The first-order valence-electron chi connectivity index (χ1n) is 11.9. The van der Waals surface area contributed by atoms with E-state index in [9.17, 15) is 14.7 Å². The standard InChI is InChI=1S/C26H30N4O5/c1-34-19-7-8-22-21(15-19)20-9-12-30(26(24(20)28-22)10-11-27-17-26)25(33)29(23(32)16-31)13-14-35-18-5-3-2-4-6-18/h2-8,15,27-28,31H,9-14,16-17H2,1H3/t26-/m1/s1. The van der Waals surface area contributed by atoms with Crippen LogP contribution in [0.5, 0.6) is 11.5 Å². The van der Waals surface area contributed by atoms with Crippen molar-refractivity contribution in [3.8, 4) is 11.5 Å². The minimum Gasteiger partial charge on any atom is -0.497 e. The van der Waals surface area contributed by atoms with Crippen LogP contribution in [0.2, 0.25) is 0 Å². The molecular weight excluding hydrogens is 448 g/mol. The summed E-state index contributed by atoms with van der Waals surface area (Å²) in [4.78, 5) is 32.9. The molecule has 184 valence electrons. The van der Waals surface area contributed by atoms with Crippen molar-refractivity contribution in [2.24, 2.45) is 0 Å². The maximum absolute atomic E-state index is 13.8. The normalized spacial score (nSPS) is 19.1. The maximum Gasteiger partial charge on any atom is 0.327 e. The van der Waals surface area contributed by atoms with Crippen LogP contribution in [0.1, 0.15) is 17.7 Å². The fraction of sp³-hybridized carbons (Fsp3) is 0.385. The number of hydrogen-bond acceptors (Lipinski definition) is 6. The van der Waals surface area contributed by atoms with Crippen LogP contribution < -0.4 is 14.8 Å². The molecule has 0 radical (unpaired) electrons. The second-order valence-electron chi connectivity index (χ2n) is 8.90. The zero-order valence-corrected chi connectivity index (χ0v) is 19.8. The first-order valence-corrected chi connectivity index (χ1v) is 11.9. The largest absolute Gasteiger partial charge is 0.497 e. The number of methoxy groups -OCH3 is 1. The molecule has 0 aliphatic carbocycles. The Morgan fingerprint density at radius 3 is 2.71 bits per heavy atom. The van der Waals surface area contributed by atoms with Crippen molar-refractivity contribution in [2.75, 3.05) is 46.5 Å². The van der Waals surface area contributed by atoms with Crippen LogP contribution >= 0.6 is 0 Å². The van der Waals surface area contributed by atoms with Crippen LogP contribution in [0.3, 0.4) is 0 Å². The van der Waals surface area contributed by atoms with Crippen molar-refractivity contribution >= 4 is 22.8 Å². The molecule has 9 nitrogen and oxygen atoms in total. The smallest absolute Gasteiger partial charge is 0.327 e. The van der Waals surface area contributed by atoms with E-state index >= 15 is 0 Å². The molecule has 1 saturated heterocycles. The van der Waals surface area contributed by atoms with Gasteiger partial charge in [0.1, 0.15) is 24.7 Å². The highest BCUT2D eigenvalue weighted by molar-refractivity contribution is 5.96. The lowest BCUT2D eigenvalue weighted by Crippen LogP contribution is -2.60. The molecule has 35 heavy (non-hydrogen) atoms. The van der Waals surface area contributed by atoms with Gasteiger partial charge in [-0.05, 0) is 55.3 Å². The molecule has 0 unspecified atom stereocenters. The monoisotopic (exact) mass is 478 g/mol. The van der Waals surface area contributed by atoms with E-state index in [1.165, 1.54) is 5.56 Å². The zero-order chi connectivity index (χ0) is 24.4. The summed E-state index contributed by atoms with van der Waals surface area (Å²) in [6.07, 6.45) is 1.37. The van der Waals surface area contributed by atoms with Gasteiger partial charge in [-0.1, -0.05) is 18.2 Å². The predicted octanol–water partition coefficient (Wildman–Crippen LogP) is 2.24.